The average molecular weight is 354 g/mol. The fourth-order valence-electron chi connectivity index (χ4n) is 2.74. The van der Waals surface area contributed by atoms with Gasteiger partial charge in [-0.05, 0) is 43.2 Å². The van der Waals surface area contributed by atoms with Gasteiger partial charge in [0.05, 0.1) is 16.7 Å². The minimum absolute atomic E-state index is 0.0128. The predicted octanol–water partition coefficient (Wildman–Crippen LogP) is 4.88. The molecule has 0 bridgehead atoms. The van der Waals surface area contributed by atoms with E-state index in [-0.39, 0.29) is 17.5 Å². The zero-order valence-electron chi connectivity index (χ0n) is 14.5. The highest BCUT2D eigenvalue weighted by atomic mass is 32.1. The number of ketones is 1. The summed E-state index contributed by atoms with van der Waals surface area (Å²) in [6.07, 6.45) is 5.69. The summed E-state index contributed by atoms with van der Waals surface area (Å²) < 4.78 is 0. The molecule has 130 valence electrons. The van der Waals surface area contributed by atoms with Crippen LogP contribution in [0.15, 0.2) is 61.0 Å². The summed E-state index contributed by atoms with van der Waals surface area (Å²) in [5.74, 6) is -0.0666. The zero-order chi connectivity index (χ0) is 18.6. The van der Waals surface area contributed by atoms with Crippen LogP contribution < -0.4 is 4.90 Å². The lowest BCUT2D eigenvalue weighted by Crippen LogP contribution is -2.20. The largest absolute Gasteiger partial charge is 0.506 e. The van der Waals surface area contributed by atoms with Gasteiger partial charge >= 0.3 is 0 Å². The predicted molar refractivity (Wildman–Crippen MR) is 108 cm³/mol. The van der Waals surface area contributed by atoms with Crippen LogP contribution in [0.2, 0.25) is 0 Å². The molecule has 0 aliphatic rings. The molecule has 1 aromatic carbocycles. The number of carbonyl (C=O) groups is 1. The van der Waals surface area contributed by atoms with E-state index in [1.807, 2.05) is 26.0 Å². The van der Waals surface area contributed by atoms with Gasteiger partial charge in [-0.25, -0.2) is 0 Å². The van der Waals surface area contributed by atoms with Crippen LogP contribution >= 0.6 is 12.2 Å². The molecule has 2 aromatic rings. The molecule has 1 unspecified atom stereocenters. The molecule has 1 atom stereocenters. The number of phenolic OH excluding ortho intramolecular Hbond substituents is 1. The molecule has 0 saturated heterocycles. The number of H-pyrrole nitrogens is 1. The lowest BCUT2D eigenvalue weighted by atomic mass is 9.97. The van der Waals surface area contributed by atoms with E-state index in [9.17, 15) is 9.90 Å². The highest BCUT2D eigenvalue weighted by molar-refractivity contribution is 7.79. The fourth-order valence-corrected chi connectivity index (χ4v) is 2.98. The van der Waals surface area contributed by atoms with Crippen molar-refractivity contribution in [3.8, 4) is 5.75 Å². The highest BCUT2D eigenvalue weighted by Crippen LogP contribution is 2.34. The van der Waals surface area contributed by atoms with Crippen LogP contribution in [0, 0.1) is 5.92 Å². The van der Waals surface area contributed by atoms with Crippen molar-refractivity contribution in [1.82, 2.24) is 4.98 Å². The van der Waals surface area contributed by atoms with Crippen molar-refractivity contribution in [2.24, 2.45) is 5.92 Å². The molecular weight excluding hydrogens is 332 g/mol. The minimum atomic E-state index is -0.228. The molecule has 2 rings (SSSR count). The molecule has 0 spiro atoms. The molecule has 4 nitrogen and oxygen atoms in total. The number of hydrogen-bond acceptors (Lipinski definition) is 3. The molecule has 0 aliphatic heterocycles. The van der Waals surface area contributed by atoms with Gasteiger partial charge < -0.3 is 15.0 Å². The molecule has 0 amide bonds. The standard InChI is InChI=1S/C20H22N2O2S/c1-5-15(18(23)6-2)11-13(3)14(4)22(12-25)17-7-8-19(24)20-16(17)9-10-21-20/h6-12,15,21,24H,2,4-5H2,1,3H3/b13-11+. The second-order valence-electron chi connectivity index (χ2n) is 5.76. The number of thiocarbonyl (C=S) groups is 1. The third kappa shape index (κ3) is 3.72. The van der Waals surface area contributed by atoms with Crippen LogP contribution in [-0.4, -0.2) is 21.4 Å². The van der Waals surface area contributed by atoms with Crippen LogP contribution in [0.1, 0.15) is 20.3 Å². The van der Waals surface area contributed by atoms with Crippen LogP contribution in [0.5, 0.6) is 5.75 Å². The number of aromatic hydroxyl groups is 1. The van der Waals surface area contributed by atoms with Gasteiger partial charge in [-0.1, -0.05) is 38.4 Å². The van der Waals surface area contributed by atoms with E-state index in [1.54, 1.807) is 23.2 Å². The summed E-state index contributed by atoms with van der Waals surface area (Å²) in [4.78, 5) is 16.7. The van der Waals surface area contributed by atoms with Crippen molar-refractivity contribution in [3.63, 3.8) is 0 Å². The van der Waals surface area contributed by atoms with Crippen molar-refractivity contribution in [2.45, 2.75) is 20.3 Å². The minimum Gasteiger partial charge on any atom is -0.506 e. The molecule has 0 fully saturated rings. The Bertz CT molecular complexity index is 864. The Hall–Kier alpha value is -2.66. The number of allylic oxidation sites excluding steroid dienone is 3. The number of rotatable bonds is 8. The van der Waals surface area contributed by atoms with Crippen molar-refractivity contribution < 1.29 is 9.90 Å². The number of nitrogens with zero attached hydrogens (tertiary/aromatic N) is 1. The van der Waals surface area contributed by atoms with Crippen molar-refractivity contribution >= 4 is 40.1 Å². The Morgan fingerprint density at radius 3 is 2.76 bits per heavy atom. The molecule has 25 heavy (non-hydrogen) atoms. The van der Waals surface area contributed by atoms with Gasteiger partial charge in [0.15, 0.2) is 5.78 Å². The number of hydrogen-bond donors (Lipinski definition) is 2. The van der Waals surface area contributed by atoms with Crippen molar-refractivity contribution in [3.05, 3.63) is 61.0 Å². The lowest BCUT2D eigenvalue weighted by molar-refractivity contribution is -0.116. The Morgan fingerprint density at radius 2 is 2.16 bits per heavy atom. The summed E-state index contributed by atoms with van der Waals surface area (Å²) in [7, 11) is 0. The number of anilines is 1. The third-order valence-corrected chi connectivity index (χ3v) is 4.46. The number of carbonyl (C=O) groups excluding carboxylic acids is 1. The van der Waals surface area contributed by atoms with Gasteiger partial charge in [0.2, 0.25) is 0 Å². The second kappa shape index (κ2) is 7.94. The van der Waals surface area contributed by atoms with E-state index in [4.69, 9.17) is 12.2 Å². The molecule has 0 radical (unpaired) electrons. The summed E-state index contributed by atoms with van der Waals surface area (Å²) >= 11 is 5.19. The van der Waals surface area contributed by atoms with Gasteiger partial charge in [-0.3, -0.25) is 4.79 Å². The smallest absolute Gasteiger partial charge is 0.161 e. The van der Waals surface area contributed by atoms with Crippen molar-refractivity contribution in [1.29, 1.82) is 0 Å². The SMILES string of the molecule is C=CC(=O)C(/C=C(\C)C(=C)N(C=S)c1ccc(O)c2[nH]ccc12)CC. The fraction of sp³-hybridized carbons (Fsp3) is 0.200. The first-order valence-corrected chi connectivity index (χ1v) is 8.49. The van der Waals surface area contributed by atoms with E-state index >= 15 is 0 Å². The zero-order valence-corrected chi connectivity index (χ0v) is 15.3. The van der Waals surface area contributed by atoms with E-state index in [1.165, 1.54) is 11.6 Å². The van der Waals surface area contributed by atoms with Gasteiger partial charge in [0, 0.05) is 23.2 Å². The van der Waals surface area contributed by atoms with Gasteiger partial charge in [-0.2, -0.15) is 0 Å². The lowest BCUT2D eigenvalue weighted by Gasteiger charge is -2.24. The highest BCUT2D eigenvalue weighted by Gasteiger charge is 2.17. The van der Waals surface area contributed by atoms with Gasteiger partial charge in [0.25, 0.3) is 0 Å². The molecule has 2 N–H and O–H groups in total. The Balaban J connectivity index is 2.42. The van der Waals surface area contributed by atoms with E-state index in [0.29, 0.717) is 17.6 Å². The van der Waals surface area contributed by atoms with Crippen LogP contribution in [0.25, 0.3) is 10.9 Å². The number of phenols is 1. The topological polar surface area (TPSA) is 56.3 Å². The number of aromatic amines is 1. The average Bonchev–Trinajstić information content (AvgIpc) is 3.11. The summed E-state index contributed by atoms with van der Waals surface area (Å²) in [5.41, 5.74) is 4.50. The van der Waals surface area contributed by atoms with Gasteiger partial charge in [-0.15, -0.1) is 0 Å². The first kappa shape index (κ1) is 18.7. The quantitative estimate of drug-likeness (QED) is 0.403. The molecule has 0 saturated carbocycles. The molecular formula is C20H22N2O2S. The number of benzene rings is 1. The third-order valence-electron chi connectivity index (χ3n) is 4.25. The summed E-state index contributed by atoms with van der Waals surface area (Å²) in [6, 6.07) is 5.28. The number of fused-ring (bicyclic) bond motifs is 1. The van der Waals surface area contributed by atoms with Crippen LogP contribution in [-0.2, 0) is 4.79 Å². The Morgan fingerprint density at radius 1 is 1.44 bits per heavy atom. The summed E-state index contributed by atoms with van der Waals surface area (Å²) in [6.45, 7) is 11.6. The molecule has 1 heterocycles. The Kier molecular flexibility index (Phi) is 5.93. The van der Waals surface area contributed by atoms with E-state index in [2.05, 4.69) is 18.1 Å². The maximum absolute atomic E-state index is 11.9. The first-order chi connectivity index (χ1) is 11.9. The number of aromatic nitrogens is 1. The molecule has 1 aromatic heterocycles. The van der Waals surface area contributed by atoms with E-state index in [0.717, 1.165) is 16.6 Å². The Labute approximate surface area is 153 Å². The summed E-state index contributed by atoms with van der Waals surface area (Å²) in [5, 5.41) is 10.8. The van der Waals surface area contributed by atoms with Crippen molar-refractivity contribution in [2.75, 3.05) is 4.90 Å². The second-order valence-corrected chi connectivity index (χ2v) is 5.97. The number of nitrogens with one attached hydrogen (secondary N) is 1. The maximum Gasteiger partial charge on any atom is 0.161 e. The molecule has 5 heteroatoms. The normalized spacial score (nSPS) is 12.6. The monoisotopic (exact) mass is 354 g/mol. The van der Waals surface area contributed by atoms with Crippen LogP contribution in [0.4, 0.5) is 5.69 Å². The van der Waals surface area contributed by atoms with Crippen LogP contribution in [0.3, 0.4) is 0 Å². The molecule has 0 aliphatic carbocycles. The first-order valence-electron chi connectivity index (χ1n) is 8.02. The van der Waals surface area contributed by atoms with E-state index < -0.39 is 0 Å². The van der Waals surface area contributed by atoms with Gasteiger partial charge in [0.1, 0.15) is 5.75 Å². The maximum atomic E-state index is 11.9.